The van der Waals surface area contributed by atoms with Crippen LogP contribution in [0.5, 0.6) is 0 Å². The van der Waals surface area contributed by atoms with Crippen LogP contribution in [-0.4, -0.2) is 16.3 Å². The summed E-state index contributed by atoms with van der Waals surface area (Å²) in [6.45, 7) is 7.81. The number of anilines is 2. The van der Waals surface area contributed by atoms with Crippen molar-refractivity contribution >= 4 is 34.5 Å². The van der Waals surface area contributed by atoms with Crippen molar-refractivity contribution in [2.45, 2.75) is 32.6 Å². The lowest BCUT2D eigenvalue weighted by atomic mass is 10.0. The maximum atomic E-state index is 11.1. The molecule has 0 heterocycles. The fourth-order valence-electron chi connectivity index (χ4n) is 2.20. The van der Waals surface area contributed by atoms with Gasteiger partial charge in [-0.05, 0) is 49.7 Å². The molecule has 1 atom stereocenters. The van der Waals surface area contributed by atoms with Crippen LogP contribution in [0.4, 0.5) is 11.4 Å². The van der Waals surface area contributed by atoms with E-state index in [1.165, 1.54) is 0 Å². The molecule has 0 spiro atoms. The van der Waals surface area contributed by atoms with E-state index in [4.69, 9.17) is 5.14 Å². The highest BCUT2D eigenvalue weighted by Gasteiger charge is 2.08. The van der Waals surface area contributed by atoms with Crippen LogP contribution in [-0.2, 0) is 15.8 Å². The summed E-state index contributed by atoms with van der Waals surface area (Å²) in [6, 6.07) is 12.5. The zero-order chi connectivity index (χ0) is 18.8. The average Bonchev–Trinajstić information content (AvgIpc) is 2.62. The molecule has 1 amide bonds. The van der Waals surface area contributed by atoms with Crippen molar-refractivity contribution in [3.05, 3.63) is 53.6 Å². The molecule has 2 rings (SSSR count). The van der Waals surface area contributed by atoms with E-state index in [2.05, 4.69) is 15.8 Å². The van der Waals surface area contributed by atoms with Gasteiger partial charge in [-0.3, -0.25) is 10.2 Å². The summed E-state index contributed by atoms with van der Waals surface area (Å²) in [4.78, 5) is 11.3. The number of carbonyl (C=O) groups is 1. The smallest absolute Gasteiger partial charge is 0.211 e. The Morgan fingerprint density at radius 1 is 1.16 bits per heavy atom. The van der Waals surface area contributed by atoms with E-state index in [1.807, 2.05) is 45.9 Å². The molecule has 0 bridgehead atoms. The van der Waals surface area contributed by atoms with Gasteiger partial charge >= 0.3 is 0 Å². The lowest BCUT2D eigenvalue weighted by molar-refractivity contribution is -0.105. The molecule has 0 aromatic heterocycles. The molecule has 7 heteroatoms. The molecule has 0 aliphatic rings. The second-order valence-corrected chi connectivity index (χ2v) is 5.96. The topological polar surface area (TPSA) is 96.6 Å². The third-order valence-corrected chi connectivity index (χ3v) is 4.03. The van der Waals surface area contributed by atoms with Crippen LogP contribution in [0, 0.1) is 6.92 Å². The van der Waals surface area contributed by atoms with Gasteiger partial charge < -0.3 is 5.32 Å². The van der Waals surface area contributed by atoms with Gasteiger partial charge in [0.25, 0.3) is 0 Å². The molecule has 0 aliphatic carbocycles. The number of amides is 1. The number of nitrogens with two attached hydrogens (primary N) is 1. The molecule has 0 radical (unpaired) electrons. The van der Waals surface area contributed by atoms with Crippen LogP contribution in [0.25, 0.3) is 0 Å². The molecule has 2 aromatic carbocycles. The summed E-state index contributed by atoms with van der Waals surface area (Å²) in [5, 5.41) is 12.3. The lowest BCUT2D eigenvalue weighted by Crippen LogP contribution is -2.07. The number of rotatable bonds is 6. The van der Waals surface area contributed by atoms with E-state index >= 15 is 0 Å². The van der Waals surface area contributed by atoms with Crippen molar-refractivity contribution in [1.82, 2.24) is 0 Å². The van der Waals surface area contributed by atoms with Crippen LogP contribution in [0.1, 0.15) is 31.9 Å². The van der Waals surface area contributed by atoms with Crippen LogP contribution in [0.2, 0.25) is 0 Å². The second-order valence-electron chi connectivity index (χ2n) is 4.89. The van der Waals surface area contributed by atoms with Crippen LogP contribution >= 0.6 is 0 Å². The highest BCUT2D eigenvalue weighted by molar-refractivity contribution is 7.82. The molecule has 1 unspecified atom stereocenters. The van der Waals surface area contributed by atoms with Crippen molar-refractivity contribution in [3.8, 4) is 0 Å². The summed E-state index contributed by atoms with van der Waals surface area (Å²) < 4.78 is 11.1. The fourth-order valence-corrected chi connectivity index (χ4v) is 2.60. The predicted molar refractivity (Wildman–Crippen MR) is 105 cm³/mol. The molecule has 0 aliphatic heterocycles. The Labute approximate surface area is 151 Å². The summed E-state index contributed by atoms with van der Waals surface area (Å²) in [6.07, 6.45) is 0.643. The van der Waals surface area contributed by atoms with Gasteiger partial charge in [-0.1, -0.05) is 26.0 Å². The molecule has 2 aromatic rings. The molecule has 4 N–H and O–H groups in total. The Morgan fingerprint density at radius 3 is 2.36 bits per heavy atom. The predicted octanol–water partition coefficient (Wildman–Crippen LogP) is 3.41. The van der Waals surface area contributed by atoms with E-state index < -0.39 is 11.0 Å². The first kappa shape index (κ1) is 20.5. The number of hydrogen-bond acceptors (Lipinski definition) is 4. The zero-order valence-electron chi connectivity index (χ0n) is 14.9. The maximum Gasteiger partial charge on any atom is 0.211 e. The van der Waals surface area contributed by atoms with Crippen molar-refractivity contribution in [2.24, 2.45) is 10.2 Å². The molecule has 0 fully saturated rings. The number of nitrogens with zero attached hydrogens (tertiary/aromatic N) is 1. The van der Waals surface area contributed by atoms with Crippen molar-refractivity contribution in [3.63, 3.8) is 0 Å². The highest BCUT2D eigenvalue weighted by atomic mass is 32.2. The standard InChI is InChI=1S/C16H18N4O2S.C2H6/c1-11-4-3-5-15(18-10-21)16(11)12(2)19-20-13-6-8-14(9-7-13)23(17)22;1-2/h3-10,20H,17H2,1-2H3,(H,18,21);1-2H3/b19-12+;. The van der Waals surface area contributed by atoms with E-state index in [0.717, 1.165) is 22.5 Å². The Hall–Kier alpha value is -2.51. The van der Waals surface area contributed by atoms with Gasteiger partial charge in [-0.2, -0.15) is 5.10 Å². The van der Waals surface area contributed by atoms with Crippen LogP contribution < -0.4 is 15.9 Å². The third kappa shape index (κ3) is 5.81. The zero-order valence-corrected chi connectivity index (χ0v) is 15.7. The minimum Gasteiger partial charge on any atom is -0.328 e. The van der Waals surface area contributed by atoms with Gasteiger partial charge in [0, 0.05) is 11.3 Å². The molecule has 25 heavy (non-hydrogen) atoms. The van der Waals surface area contributed by atoms with Gasteiger partial charge in [-0.15, -0.1) is 0 Å². The number of hydrogen-bond donors (Lipinski definition) is 3. The first-order chi connectivity index (χ1) is 12.0. The number of nitrogens with one attached hydrogen (secondary N) is 2. The van der Waals surface area contributed by atoms with Crippen molar-refractivity contribution < 1.29 is 9.00 Å². The van der Waals surface area contributed by atoms with Gasteiger partial charge in [0.1, 0.15) is 11.0 Å². The molecular weight excluding hydrogens is 336 g/mol. The van der Waals surface area contributed by atoms with Gasteiger partial charge in [0.2, 0.25) is 6.41 Å². The molecule has 0 saturated carbocycles. The average molecular weight is 360 g/mol. The molecule has 134 valence electrons. The quantitative estimate of drug-likeness (QED) is 0.418. The minimum absolute atomic E-state index is 0.549. The maximum absolute atomic E-state index is 11.1. The minimum atomic E-state index is -1.49. The SMILES string of the molecule is C/C(=N\Nc1ccc(S(N)=O)cc1)c1c(C)cccc1NC=O.CC. The first-order valence-electron chi connectivity index (χ1n) is 7.89. The number of benzene rings is 2. The Morgan fingerprint density at radius 2 is 1.80 bits per heavy atom. The normalized spacial score (nSPS) is 11.8. The third-order valence-electron chi connectivity index (χ3n) is 3.29. The monoisotopic (exact) mass is 360 g/mol. The van der Waals surface area contributed by atoms with Crippen molar-refractivity contribution in [1.29, 1.82) is 0 Å². The summed E-state index contributed by atoms with van der Waals surface area (Å²) in [7, 11) is -1.49. The van der Waals surface area contributed by atoms with Crippen LogP contribution in [0.3, 0.4) is 0 Å². The number of carbonyl (C=O) groups excluding carboxylic acids is 1. The van der Waals surface area contributed by atoms with Gasteiger partial charge in [-0.25, -0.2) is 9.35 Å². The van der Waals surface area contributed by atoms with E-state index in [9.17, 15) is 9.00 Å². The number of hydrazone groups is 1. The number of aryl methyl sites for hydroxylation is 1. The Bertz CT molecular complexity index is 758. The van der Waals surface area contributed by atoms with E-state index in [0.29, 0.717) is 17.0 Å². The summed E-state index contributed by atoms with van der Waals surface area (Å²) >= 11 is 0. The lowest BCUT2D eigenvalue weighted by Gasteiger charge is -2.11. The Balaban J connectivity index is 0.00000151. The molecule has 0 saturated heterocycles. The summed E-state index contributed by atoms with van der Waals surface area (Å²) in [5.74, 6) is 0. The van der Waals surface area contributed by atoms with Gasteiger partial charge in [0.15, 0.2) is 0 Å². The highest BCUT2D eigenvalue weighted by Crippen LogP contribution is 2.20. The van der Waals surface area contributed by atoms with E-state index in [1.54, 1.807) is 24.3 Å². The molecular formula is C18H24N4O2S. The summed E-state index contributed by atoms with van der Waals surface area (Å²) in [5.41, 5.74) is 7.00. The Kier molecular flexibility index (Phi) is 8.52. The molecule has 6 nitrogen and oxygen atoms in total. The first-order valence-corrected chi connectivity index (χ1v) is 9.11. The van der Waals surface area contributed by atoms with Crippen LogP contribution in [0.15, 0.2) is 52.5 Å². The largest absolute Gasteiger partial charge is 0.328 e. The van der Waals surface area contributed by atoms with Crippen molar-refractivity contribution in [2.75, 3.05) is 10.7 Å². The van der Waals surface area contributed by atoms with Gasteiger partial charge in [0.05, 0.1) is 16.3 Å². The second kappa shape index (κ2) is 10.4. The van der Waals surface area contributed by atoms with E-state index in [-0.39, 0.29) is 0 Å². The fraction of sp³-hybridized carbons (Fsp3) is 0.222.